The van der Waals surface area contributed by atoms with E-state index in [1.54, 1.807) is 0 Å². The molecule has 0 unspecified atom stereocenters. The molecule has 0 atom stereocenters. The van der Waals surface area contributed by atoms with Crippen LogP contribution in [0.1, 0.15) is 6.42 Å². The summed E-state index contributed by atoms with van der Waals surface area (Å²) in [6.07, 6.45) is 1.03. The lowest BCUT2D eigenvalue weighted by molar-refractivity contribution is -0.138. The van der Waals surface area contributed by atoms with E-state index in [1.807, 2.05) is 4.90 Å². The van der Waals surface area contributed by atoms with Crippen molar-refractivity contribution in [1.82, 2.24) is 9.80 Å². The number of hydrogen-bond donors (Lipinski definition) is 2. The van der Waals surface area contributed by atoms with Gasteiger partial charge in [-0.25, -0.2) is 0 Å². The highest BCUT2D eigenvalue weighted by molar-refractivity contribution is 5.69. The second-order valence-electron chi connectivity index (χ2n) is 3.65. The van der Waals surface area contributed by atoms with Crippen LogP contribution in [0.3, 0.4) is 0 Å². The average Bonchev–Trinajstić information content (AvgIpc) is 2.31. The maximum atomic E-state index is 10.5. The van der Waals surface area contributed by atoms with Crippen molar-refractivity contribution in [3.8, 4) is 0 Å². The molecule has 0 aromatic heterocycles. The summed E-state index contributed by atoms with van der Waals surface area (Å²) in [7, 11) is 0. The van der Waals surface area contributed by atoms with E-state index in [9.17, 15) is 4.79 Å². The Labute approximate surface area is 84.5 Å². The highest BCUT2D eigenvalue weighted by Crippen LogP contribution is 2.01. The molecular weight excluding hydrogens is 182 g/mol. The van der Waals surface area contributed by atoms with Crippen molar-refractivity contribution in [3.05, 3.63) is 0 Å². The van der Waals surface area contributed by atoms with Gasteiger partial charge in [0.2, 0.25) is 0 Å². The fourth-order valence-electron chi connectivity index (χ4n) is 1.78. The first-order chi connectivity index (χ1) is 6.72. The fourth-order valence-corrected chi connectivity index (χ4v) is 1.78. The molecule has 0 bridgehead atoms. The van der Waals surface area contributed by atoms with Crippen LogP contribution < -0.4 is 5.73 Å². The summed E-state index contributed by atoms with van der Waals surface area (Å²) in [5.74, 6) is -0.739. The summed E-state index contributed by atoms with van der Waals surface area (Å²) in [5, 5.41) is 8.65. The van der Waals surface area contributed by atoms with Gasteiger partial charge < -0.3 is 15.7 Å². The lowest BCUT2D eigenvalue weighted by atomic mass is 10.4. The van der Waals surface area contributed by atoms with E-state index in [2.05, 4.69) is 4.90 Å². The van der Waals surface area contributed by atoms with Gasteiger partial charge in [0, 0.05) is 32.7 Å². The molecule has 0 aromatic carbocycles. The minimum absolute atomic E-state index is 0.163. The van der Waals surface area contributed by atoms with Crippen molar-refractivity contribution in [1.29, 1.82) is 0 Å². The van der Waals surface area contributed by atoms with Crippen LogP contribution in [0.25, 0.3) is 0 Å². The first-order valence-corrected chi connectivity index (χ1v) is 5.09. The third-order valence-electron chi connectivity index (χ3n) is 2.49. The summed E-state index contributed by atoms with van der Waals surface area (Å²) in [6.45, 7) is 5.45. The third kappa shape index (κ3) is 4.04. The van der Waals surface area contributed by atoms with Crippen molar-refractivity contribution < 1.29 is 9.90 Å². The highest BCUT2D eigenvalue weighted by Gasteiger charge is 2.15. The van der Waals surface area contributed by atoms with E-state index >= 15 is 0 Å². The molecule has 1 heterocycles. The number of aliphatic carboxylic acids is 1. The molecule has 82 valence electrons. The van der Waals surface area contributed by atoms with Crippen LogP contribution in [0.4, 0.5) is 0 Å². The minimum atomic E-state index is -0.739. The van der Waals surface area contributed by atoms with E-state index in [1.165, 1.54) is 0 Å². The molecule has 0 saturated carbocycles. The summed E-state index contributed by atoms with van der Waals surface area (Å²) in [6, 6.07) is 0. The van der Waals surface area contributed by atoms with E-state index < -0.39 is 5.97 Å². The average molecular weight is 201 g/mol. The van der Waals surface area contributed by atoms with Gasteiger partial charge in [0.1, 0.15) is 0 Å². The molecule has 5 nitrogen and oxygen atoms in total. The summed E-state index contributed by atoms with van der Waals surface area (Å²) in [5.41, 5.74) is 5.48. The first kappa shape index (κ1) is 11.4. The van der Waals surface area contributed by atoms with Crippen molar-refractivity contribution in [2.24, 2.45) is 5.73 Å². The zero-order valence-electron chi connectivity index (χ0n) is 8.48. The van der Waals surface area contributed by atoms with E-state index in [-0.39, 0.29) is 6.54 Å². The predicted molar refractivity (Wildman–Crippen MR) is 54.2 cm³/mol. The van der Waals surface area contributed by atoms with Gasteiger partial charge in [-0.15, -0.1) is 0 Å². The number of hydrogen-bond acceptors (Lipinski definition) is 4. The number of carboxylic acid groups (broad SMARTS) is 1. The lowest BCUT2D eigenvalue weighted by Gasteiger charge is -2.19. The topological polar surface area (TPSA) is 69.8 Å². The number of carboxylic acids is 1. The SMILES string of the molecule is NCCN1CCCN(CC(=O)O)CC1. The minimum Gasteiger partial charge on any atom is -0.480 e. The second-order valence-corrected chi connectivity index (χ2v) is 3.65. The highest BCUT2D eigenvalue weighted by atomic mass is 16.4. The van der Waals surface area contributed by atoms with Crippen molar-refractivity contribution in [3.63, 3.8) is 0 Å². The van der Waals surface area contributed by atoms with Crippen LogP contribution in [-0.2, 0) is 4.79 Å². The zero-order chi connectivity index (χ0) is 10.4. The maximum absolute atomic E-state index is 10.5. The standard InChI is InChI=1S/C9H19N3O2/c10-2-5-11-3-1-4-12(7-6-11)8-9(13)14/h1-8,10H2,(H,13,14). The van der Waals surface area contributed by atoms with E-state index in [0.29, 0.717) is 6.54 Å². The molecule has 0 aromatic rings. The normalized spacial score (nSPS) is 20.6. The van der Waals surface area contributed by atoms with E-state index in [0.717, 1.165) is 39.1 Å². The molecule has 1 rings (SSSR count). The van der Waals surface area contributed by atoms with Gasteiger partial charge in [0.25, 0.3) is 0 Å². The molecule has 1 aliphatic rings. The quantitative estimate of drug-likeness (QED) is 0.613. The molecule has 3 N–H and O–H groups in total. The van der Waals surface area contributed by atoms with Crippen LogP contribution in [-0.4, -0.2) is 66.7 Å². The molecule has 0 aliphatic carbocycles. The Morgan fingerprint density at radius 3 is 2.50 bits per heavy atom. The number of rotatable bonds is 4. The van der Waals surface area contributed by atoms with Gasteiger partial charge in [0.15, 0.2) is 0 Å². The number of carbonyl (C=O) groups is 1. The van der Waals surface area contributed by atoms with Gasteiger partial charge in [-0.05, 0) is 13.0 Å². The van der Waals surface area contributed by atoms with Gasteiger partial charge >= 0.3 is 5.97 Å². The van der Waals surface area contributed by atoms with Crippen molar-refractivity contribution in [2.45, 2.75) is 6.42 Å². The van der Waals surface area contributed by atoms with Gasteiger partial charge in [-0.2, -0.15) is 0 Å². The number of nitrogens with two attached hydrogens (primary N) is 1. The molecule has 0 radical (unpaired) electrons. The monoisotopic (exact) mass is 201 g/mol. The molecule has 14 heavy (non-hydrogen) atoms. The molecule has 5 heteroatoms. The Hall–Kier alpha value is -0.650. The van der Waals surface area contributed by atoms with Crippen LogP contribution in [0, 0.1) is 0 Å². The summed E-state index contributed by atoms with van der Waals surface area (Å²) < 4.78 is 0. The van der Waals surface area contributed by atoms with Crippen molar-refractivity contribution >= 4 is 5.97 Å². The van der Waals surface area contributed by atoms with Gasteiger partial charge in [0.05, 0.1) is 6.54 Å². The Bertz CT molecular complexity index is 187. The van der Waals surface area contributed by atoms with Gasteiger partial charge in [-0.3, -0.25) is 9.69 Å². The van der Waals surface area contributed by atoms with Crippen molar-refractivity contribution in [2.75, 3.05) is 45.8 Å². The zero-order valence-corrected chi connectivity index (χ0v) is 8.48. The predicted octanol–water partition coefficient (Wildman–Crippen LogP) is -0.963. The van der Waals surface area contributed by atoms with Gasteiger partial charge in [-0.1, -0.05) is 0 Å². The molecule has 1 saturated heterocycles. The summed E-state index contributed by atoms with van der Waals surface area (Å²) in [4.78, 5) is 14.8. The Balaban J connectivity index is 2.29. The maximum Gasteiger partial charge on any atom is 0.317 e. The Morgan fingerprint density at radius 2 is 1.86 bits per heavy atom. The lowest BCUT2D eigenvalue weighted by Crippen LogP contribution is -2.35. The van der Waals surface area contributed by atoms with E-state index in [4.69, 9.17) is 10.8 Å². The molecule has 1 aliphatic heterocycles. The molecule has 0 spiro atoms. The fraction of sp³-hybridized carbons (Fsp3) is 0.889. The molecule has 1 fully saturated rings. The second kappa shape index (κ2) is 5.95. The van der Waals surface area contributed by atoms with Crippen LogP contribution in [0.2, 0.25) is 0 Å². The number of nitrogens with zero attached hydrogens (tertiary/aromatic N) is 2. The molecular formula is C9H19N3O2. The largest absolute Gasteiger partial charge is 0.480 e. The molecule has 0 amide bonds. The van der Waals surface area contributed by atoms with Crippen LogP contribution in [0.5, 0.6) is 0 Å². The first-order valence-electron chi connectivity index (χ1n) is 5.09. The third-order valence-corrected chi connectivity index (χ3v) is 2.49. The van der Waals surface area contributed by atoms with Crippen LogP contribution in [0.15, 0.2) is 0 Å². The summed E-state index contributed by atoms with van der Waals surface area (Å²) >= 11 is 0. The van der Waals surface area contributed by atoms with Crippen LogP contribution >= 0.6 is 0 Å². The Kier molecular flexibility index (Phi) is 4.86. The Morgan fingerprint density at radius 1 is 1.21 bits per heavy atom. The smallest absolute Gasteiger partial charge is 0.317 e.